The molecule has 2 fully saturated rings. The lowest BCUT2D eigenvalue weighted by atomic mass is 10.0. The number of carbonyl (C=O) groups excluding carboxylic acids is 2. The summed E-state index contributed by atoms with van der Waals surface area (Å²) in [6.45, 7) is 0.428. The Labute approximate surface area is 161 Å². The Kier molecular flexibility index (Phi) is 4.67. The van der Waals surface area contributed by atoms with Crippen molar-refractivity contribution in [2.24, 2.45) is 0 Å². The van der Waals surface area contributed by atoms with E-state index in [2.05, 4.69) is 5.32 Å². The molecule has 0 bridgehead atoms. The molecule has 0 aliphatic carbocycles. The molecule has 2 aliphatic rings. The highest BCUT2D eigenvalue weighted by Gasteiger charge is 2.56. The van der Waals surface area contributed by atoms with Crippen LogP contribution in [0, 0.1) is 0 Å². The first-order valence-corrected chi connectivity index (χ1v) is 10.0. The number of hydrogen-bond acceptors (Lipinski definition) is 3. The van der Waals surface area contributed by atoms with Crippen molar-refractivity contribution in [1.29, 1.82) is 0 Å². The van der Waals surface area contributed by atoms with Gasteiger partial charge < -0.3 is 10.2 Å². The maximum Gasteiger partial charge on any atom is 0.244 e. The number of carbonyl (C=O) groups is 2. The molecule has 1 N–H and O–H groups in total. The molecule has 6 heteroatoms. The molecule has 4 rings (SSSR count). The third-order valence-corrected chi connectivity index (χ3v) is 6.88. The van der Waals surface area contributed by atoms with Crippen molar-refractivity contribution in [2.75, 3.05) is 5.75 Å². The van der Waals surface area contributed by atoms with Gasteiger partial charge >= 0.3 is 0 Å². The van der Waals surface area contributed by atoms with E-state index >= 15 is 0 Å². The van der Waals surface area contributed by atoms with Crippen LogP contribution in [0.1, 0.15) is 24.0 Å². The first-order chi connectivity index (χ1) is 12.6. The number of fused-ring (bicyclic) bond motifs is 1. The number of hydrogen-bond donors (Lipinski definition) is 1. The number of thioether (sulfide) groups is 1. The van der Waals surface area contributed by atoms with Crippen molar-refractivity contribution in [3.63, 3.8) is 0 Å². The second kappa shape index (κ2) is 6.97. The van der Waals surface area contributed by atoms with Crippen LogP contribution in [0.2, 0.25) is 5.02 Å². The molecule has 2 aliphatic heterocycles. The van der Waals surface area contributed by atoms with E-state index in [1.165, 1.54) is 0 Å². The highest BCUT2D eigenvalue weighted by Crippen LogP contribution is 2.54. The van der Waals surface area contributed by atoms with E-state index in [0.29, 0.717) is 23.7 Å². The van der Waals surface area contributed by atoms with Crippen molar-refractivity contribution in [2.45, 2.75) is 30.3 Å². The predicted molar refractivity (Wildman–Crippen MR) is 104 cm³/mol. The molecule has 2 heterocycles. The first-order valence-electron chi connectivity index (χ1n) is 8.64. The Hall–Kier alpha value is -1.98. The van der Waals surface area contributed by atoms with Crippen molar-refractivity contribution in [1.82, 2.24) is 10.2 Å². The van der Waals surface area contributed by atoms with Crippen LogP contribution in [-0.2, 0) is 21.0 Å². The third-order valence-electron chi connectivity index (χ3n) is 5.03. The molecule has 0 radical (unpaired) electrons. The number of benzene rings is 2. The fraction of sp³-hybridized carbons (Fsp3) is 0.300. The van der Waals surface area contributed by atoms with E-state index < -0.39 is 10.9 Å². The van der Waals surface area contributed by atoms with Crippen LogP contribution >= 0.6 is 23.4 Å². The monoisotopic (exact) mass is 386 g/mol. The van der Waals surface area contributed by atoms with Crippen LogP contribution in [0.5, 0.6) is 0 Å². The maximum absolute atomic E-state index is 12.8. The van der Waals surface area contributed by atoms with Gasteiger partial charge in [0.05, 0.1) is 0 Å². The molecule has 0 unspecified atom stereocenters. The largest absolute Gasteiger partial charge is 0.350 e. The van der Waals surface area contributed by atoms with E-state index in [1.54, 1.807) is 23.9 Å². The van der Waals surface area contributed by atoms with Gasteiger partial charge in [-0.05, 0) is 29.7 Å². The summed E-state index contributed by atoms with van der Waals surface area (Å²) in [4.78, 5) is 26.8. The van der Waals surface area contributed by atoms with Gasteiger partial charge in [0.2, 0.25) is 11.8 Å². The van der Waals surface area contributed by atoms with E-state index in [-0.39, 0.29) is 11.8 Å². The molecular formula is C20H19ClN2O2S. The number of nitrogens with one attached hydrogen (secondary N) is 1. The van der Waals surface area contributed by atoms with Gasteiger partial charge in [0.25, 0.3) is 0 Å². The average molecular weight is 387 g/mol. The highest BCUT2D eigenvalue weighted by molar-refractivity contribution is 8.00. The summed E-state index contributed by atoms with van der Waals surface area (Å²) in [6, 6.07) is 17.0. The predicted octanol–water partition coefficient (Wildman–Crippen LogP) is 3.55. The van der Waals surface area contributed by atoms with Crippen LogP contribution in [-0.4, -0.2) is 28.5 Å². The summed E-state index contributed by atoms with van der Waals surface area (Å²) in [5.74, 6) is 0.582. The molecule has 0 spiro atoms. The summed E-state index contributed by atoms with van der Waals surface area (Å²) in [5, 5.41) is 3.64. The number of halogens is 1. The van der Waals surface area contributed by atoms with Gasteiger partial charge in [-0.25, -0.2) is 0 Å². The SMILES string of the molecule is O=C(NCc1ccc(Cl)cc1)[C@@H]1CS[C@]2(c3ccccc3)CCC(=O)N12. The lowest BCUT2D eigenvalue weighted by Crippen LogP contribution is -2.49. The molecule has 2 saturated heterocycles. The fourth-order valence-corrected chi connectivity index (χ4v) is 5.52. The summed E-state index contributed by atoms with van der Waals surface area (Å²) in [6.07, 6.45) is 1.24. The van der Waals surface area contributed by atoms with E-state index in [4.69, 9.17) is 11.6 Å². The molecule has 0 aromatic heterocycles. The molecule has 26 heavy (non-hydrogen) atoms. The Morgan fingerprint density at radius 2 is 1.92 bits per heavy atom. The molecule has 2 atom stereocenters. The minimum absolute atomic E-state index is 0.0606. The summed E-state index contributed by atoms with van der Waals surface area (Å²) in [7, 11) is 0. The standard InChI is InChI=1S/C20H19ClN2O2S/c21-16-8-6-14(7-9-16)12-22-19(25)17-13-26-20(11-10-18(24)23(17)20)15-4-2-1-3-5-15/h1-9,17H,10-13H2,(H,22,25)/t17-,20-/m0/s1. The average Bonchev–Trinajstić information content (AvgIpc) is 3.21. The number of nitrogens with zero attached hydrogens (tertiary/aromatic N) is 1. The van der Waals surface area contributed by atoms with Crippen LogP contribution in [0.15, 0.2) is 54.6 Å². The smallest absolute Gasteiger partial charge is 0.244 e. The quantitative estimate of drug-likeness (QED) is 0.874. The van der Waals surface area contributed by atoms with Gasteiger partial charge in [-0.1, -0.05) is 54.1 Å². The Balaban J connectivity index is 1.51. The minimum Gasteiger partial charge on any atom is -0.350 e. The van der Waals surface area contributed by atoms with Gasteiger partial charge in [0.15, 0.2) is 0 Å². The molecule has 2 aromatic rings. The normalized spacial score (nSPS) is 24.6. The van der Waals surface area contributed by atoms with Gasteiger partial charge in [-0.3, -0.25) is 9.59 Å². The van der Waals surface area contributed by atoms with Crippen molar-refractivity contribution in [3.05, 3.63) is 70.7 Å². The van der Waals surface area contributed by atoms with Crippen molar-refractivity contribution in [3.8, 4) is 0 Å². The van der Waals surface area contributed by atoms with Gasteiger partial charge in [0, 0.05) is 23.7 Å². The highest BCUT2D eigenvalue weighted by atomic mass is 35.5. The lowest BCUT2D eigenvalue weighted by Gasteiger charge is -2.34. The fourth-order valence-electron chi connectivity index (χ4n) is 3.74. The zero-order chi connectivity index (χ0) is 18.1. The van der Waals surface area contributed by atoms with Crippen LogP contribution < -0.4 is 5.32 Å². The maximum atomic E-state index is 12.8. The number of amides is 2. The van der Waals surface area contributed by atoms with Crippen LogP contribution in [0.25, 0.3) is 0 Å². The van der Waals surface area contributed by atoms with E-state index in [9.17, 15) is 9.59 Å². The van der Waals surface area contributed by atoms with Gasteiger partial charge in [0.1, 0.15) is 10.9 Å². The second-order valence-electron chi connectivity index (χ2n) is 6.59. The molecular weight excluding hydrogens is 368 g/mol. The molecule has 134 valence electrons. The van der Waals surface area contributed by atoms with Crippen molar-refractivity contribution >= 4 is 35.2 Å². The Morgan fingerprint density at radius 3 is 2.65 bits per heavy atom. The number of rotatable bonds is 4. The topological polar surface area (TPSA) is 49.4 Å². The van der Waals surface area contributed by atoms with Crippen molar-refractivity contribution < 1.29 is 9.59 Å². The Bertz CT molecular complexity index is 827. The Morgan fingerprint density at radius 1 is 1.19 bits per heavy atom. The summed E-state index contributed by atoms with van der Waals surface area (Å²) >= 11 is 7.60. The van der Waals surface area contributed by atoms with Crippen LogP contribution in [0.3, 0.4) is 0 Å². The summed E-state index contributed by atoms with van der Waals surface area (Å²) in [5.41, 5.74) is 2.08. The molecule has 4 nitrogen and oxygen atoms in total. The zero-order valence-electron chi connectivity index (χ0n) is 14.2. The lowest BCUT2D eigenvalue weighted by molar-refractivity contribution is -0.138. The van der Waals surface area contributed by atoms with Gasteiger partial charge in [-0.2, -0.15) is 0 Å². The van der Waals surface area contributed by atoms with E-state index in [0.717, 1.165) is 17.5 Å². The first kappa shape index (κ1) is 17.4. The minimum atomic E-state index is -0.428. The van der Waals surface area contributed by atoms with Crippen LogP contribution in [0.4, 0.5) is 0 Å². The zero-order valence-corrected chi connectivity index (χ0v) is 15.7. The second-order valence-corrected chi connectivity index (χ2v) is 8.32. The molecule has 0 saturated carbocycles. The molecule has 2 amide bonds. The van der Waals surface area contributed by atoms with Gasteiger partial charge in [-0.15, -0.1) is 11.8 Å². The summed E-state index contributed by atoms with van der Waals surface area (Å²) < 4.78 is 0. The molecule has 2 aromatic carbocycles. The third kappa shape index (κ3) is 2.99. The van der Waals surface area contributed by atoms with E-state index in [1.807, 2.05) is 47.4 Å².